The van der Waals surface area contributed by atoms with Crippen molar-refractivity contribution in [2.45, 2.75) is 20.0 Å². The molecular weight excluding hydrogens is 248 g/mol. The van der Waals surface area contributed by atoms with Crippen LogP contribution in [0.1, 0.15) is 16.3 Å². The van der Waals surface area contributed by atoms with Crippen molar-refractivity contribution in [2.75, 3.05) is 7.11 Å². The number of methoxy groups -OCH3 is 1. The molecule has 0 aliphatic rings. The van der Waals surface area contributed by atoms with Crippen molar-refractivity contribution in [2.24, 2.45) is 0 Å². The van der Waals surface area contributed by atoms with Gasteiger partial charge in [0.15, 0.2) is 0 Å². The summed E-state index contributed by atoms with van der Waals surface area (Å²) in [6, 6.07) is 5.21. The highest BCUT2D eigenvalue weighted by Gasteiger charge is 2.04. The van der Waals surface area contributed by atoms with Crippen LogP contribution >= 0.6 is 11.3 Å². The van der Waals surface area contributed by atoms with Crippen LogP contribution in [0, 0.1) is 6.92 Å². The number of aromatic nitrogens is 1. The molecule has 0 bridgehead atoms. The highest BCUT2D eigenvalue weighted by Crippen LogP contribution is 2.22. The molecule has 0 spiro atoms. The summed E-state index contributed by atoms with van der Waals surface area (Å²) in [6.07, 6.45) is 0. The predicted molar refractivity (Wildman–Crippen MR) is 72.1 cm³/mol. The molecule has 2 aromatic rings. The number of hydrogen-bond acceptors (Lipinski definition) is 5. The monoisotopic (exact) mass is 264 g/mol. The van der Waals surface area contributed by atoms with Crippen LogP contribution in [0.5, 0.6) is 11.5 Å². The molecule has 1 aromatic carbocycles. The van der Waals surface area contributed by atoms with Crippen molar-refractivity contribution in [1.82, 2.24) is 10.3 Å². The van der Waals surface area contributed by atoms with Crippen molar-refractivity contribution in [1.29, 1.82) is 0 Å². The first-order chi connectivity index (χ1) is 8.69. The summed E-state index contributed by atoms with van der Waals surface area (Å²) in [7, 11) is 1.61. The lowest BCUT2D eigenvalue weighted by atomic mass is 10.2. The summed E-state index contributed by atoms with van der Waals surface area (Å²) in [5.74, 6) is 1.02. The minimum Gasteiger partial charge on any atom is -0.508 e. The molecule has 4 nitrogen and oxygen atoms in total. The van der Waals surface area contributed by atoms with Crippen LogP contribution in [0.15, 0.2) is 23.6 Å². The number of rotatable bonds is 5. The maximum absolute atomic E-state index is 9.72. The molecule has 18 heavy (non-hydrogen) atoms. The fourth-order valence-electron chi connectivity index (χ4n) is 1.65. The Bertz CT molecular complexity index is 525. The summed E-state index contributed by atoms with van der Waals surface area (Å²) in [6.45, 7) is 3.27. The predicted octanol–water partition coefficient (Wildman–Crippen LogP) is 2.46. The molecule has 1 heterocycles. The molecule has 0 unspecified atom stereocenters. The molecule has 0 saturated heterocycles. The summed E-state index contributed by atoms with van der Waals surface area (Å²) in [5, 5.41) is 16.1. The van der Waals surface area contributed by atoms with E-state index in [4.69, 9.17) is 4.74 Å². The first-order valence-electron chi connectivity index (χ1n) is 5.66. The van der Waals surface area contributed by atoms with Gasteiger partial charge in [-0.25, -0.2) is 4.98 Å². The van der Waals surface area contributed by atoms with E-state index in [0.29, 0.717) is 13.1 Å². The van der Waals surface area contributed by atoms with Gasteiger partial charge in [0.1, 0.15) is 11.5 Å². The first kappa shape index (κ1) is 12.9. The van der Waals surface area contributed by atoms with Gasteiger partial charge in [0.05, 0.1) is 17.8 Å². The van der Waals surface area contributed by atoms with Crippen LogP contribution in [-0.4, -0.2) is 17.2 Å². The van der Waals surface area contributed by atoms with Crippen molar-refractivity contribution >= 4 is 11.3 Å². The third-order valence-electron chi connectivity index (χ3n) is 2.57. The van der Waals surface area contributed by atoms with E-state index in [1.165, 1.54) is 0 Å². The molecule has 2 rings (SSSR count). The molecule has 96 valence electrons. The second-order valence-corrected chi connectivity index (χ2v) is 5.02. The van der Waals surface area contributed by atoms with Crippen molar-refractivity contribution in [3.05, 3.63) is 39.8 Å². The van der Waals surface area contributed by atoms with E-state index in [1.807, 2.05) is 18.4 Å². The molecule has 1 aromatic heterocycles. The van der Waals surface area contributed by atoms with Crippen LogP contribution in [0.2, 0.25) is 0 Å². The summed E-state index contributed by atoms with van der Waals surface area (Å²) >= 11 is 1.64. The number of hydrogen-bond donors (Lipinski definition) is 2. The molecule has 0 fully saturated rings. The van der Waals surface area contributed by atoms with Gasteiger partial charge in [0, 0.05) is 24.0 Å². The Labute approximate surface area is 110 Å². The van der Waals surface area contributed by atoms with Crippen molar-refractivity contribution < 1.29 is 9.84 Å². The summed E-state index contributed by atoms with van der Waals surface area (Å²) in [4.78, 5) is 4.37. The van der Waals surface area contributed by atoms with Gasteiger partial charge >= 0.3 is 0 Å². The van der Waals surface area contributed by atoms with E-state index < -0.39 is 0 Å². The second-order valence-electron chi connectivity index (χ2n) is 3.96. The van der Waals surface area contributed by atoms with Gasteiger partial charge in [-0.3, -0.25) is 0 Å². The summed E-state index contributed by atoms with van der Waals surface area (Å²) < 4.78 is 5.13. The average Bonchev–Trinajstić information content (AvgIpc) is 2.77. The summed E-state index contributed by atoms with van der Waals surface area (Å²) in [5.41, 5.74) is 1.85. The minimum absolute atomic E-state index is 0.276. The Morgan fingerprint density at radius 3 is 2.89 bits per heavy atom. The van der Waals surface area contributed by atoms with Crippen molar-refractivity contribution in [3.63, 3.8) is 0 Å². The van der Waals surface area contributed by atoms with E-state index in [0.717, 1.165) is 22.0 Å². The Balaban J connectivity index is 1.93. The third-order valence-corrected chi connectivity index (χ3v) is 3.40. The van der Waals surface area contributed by atoms with Gasteiger partial charge in [-0.15, -0.1) is 11.3 Å². The van der Waals surface area contributed by atoms with Crippen LogP contribution in [0.3, 0.4) is 0 Å². The van der Waals surface area contributed by atoms with Gasteiger partial charge in [-0.2, -0.15) is 0 Å². The van der Waals surface area contributed by atoms with Gasteiger partial charge in [-0.05, 0) is 25.1 Å². The number of ether oxygens (including phenoxy) is 1. The number of phenols is 1. The third kappa shape index (κ3) is 3.21. The molecule has 0 radical (unpaired) electrons. The van der Waals surface area contributed by atoms with E-state index in [1.54, 1.807) is 30.6 Å². The van der Waals surface area contributed by atoms with E-state index in [9.17, 15) is 5.11 Å². The molecule has 0 atom stereocenters. The van der Waals surface area contributed by atoms with Crippen LogP contribution < -0.4 is 10.1 Å². The maximum Gasteiger partial charge on any atom is 0.120 e. The number of phenolic OH excluding ortho intramolecular Hbond substituents is 1. The van der Waals surface area contributed by atoms with Gasteiger partial charge < -0.3 is 15.2 Å². The zero-order valence-corrected chi connectivity index (χ0v) is 11.3. The molecule has 0 aliphatic carbocycles. The quantitative estimate of drug-likeness (QED) is 0.871. The van der Waals surface area contributed by atoms with Gasteiger partial charge in [0.25, 0.3) is 0 Å². The SMILES string of the molecule is COc1ccc(O)c(CNCc2csc(C)n2)c1. The lowest BCUT2D eigenvalue weighted by Crippen LogP contribution is -2.13. The second kappa shape index (κ2) is 5.84. The van der Waals surface area contributed by atoms with Crippen molar-refractivity contribution in [3.8, 4) is 11.5 Å². The smallest absolute Gasteiger partial charge is 0.120 e. The molecule has 5 heteroatoms. The lowest BCUT2D eigenvalue weighted by molar-refractivity contribution is 0.410. The fraction of sp³-hybridized carbons (Fsp3) is 0.308. The molecule has 0 aliphatic heterocycles. The number of aromatic hydroxyl groups is 1. The van der Waals surface area contributed by atoms with Gasteiger partial charge in [-0.1, -0.05) is 0 Å². The Morgan fingerprint density at radius 1 is 1.39 bits per heavy atom. The molecular formula is C13H16N2O2S. The minimum atomic E-state index is 0.276. The fourth-order valence-corrected chi connectivity index (χ4v) is 2.26. The Kier molecular flexibility index (Phi) is 4.17. The number of benzene rings is 1. The number of nitrogens with one attached hydrogen (secondary N) is 1. The number of thiazole rings is 1. The zero-order valence-electron chi connectivity index (χ0n) is 10.4. The van der Waals surface area contributed by atoms with Crippen LogP contribution in [0.25, 0.3) is 0 Å². The number of nitrogens with zero attached hydrogens (tertiary/aromatic N) is 1. The lowest BCUT2D eigenvalue weighted by Gasteiger charge is -2.08. The number of aryl methyl sites for hydroxylation is 1. The Hall–Kier alpha value is -1.59. The average molecular weight is 264 g/mol. The van der Waals surface area contributed by atoms with E-state index in [2.05, 4.69) is 10.3 Å². The normalized spacial score (nSPS) is 10.6. The largest absolute Gasteiger partial charge is 0.508 e. The van der Waals surface area contributed by atoms with Crippen LogP contribution in [-0.2, 0) is 13.1 Å². The van der Waals surface area contributed by atoms with Crippen LogP contribution in [0.4, 0.5) is 0 Å². The van der Waals surface area contributed by atoms with E-state index in [-0.39, 0.29) is 5.75 Å². The standard InChI is InChI=1S/C13H16N2O2S/c1-9-15-11(8-18-9)7-14-6-10-5-12(17-2)3-4-13(10)16/h3-5,8,14,16H,6-7H2,1-2H3. The zero-order chi connectivity index (χ0) is 13.0. The first-order valence-corrected chi connectivity index (χ1v) is 6.54. The van der Waals surface area contributed by atoms with Gasteiger partial charge in [0.2, 0.25) is 0 Å². The van der Waals surface area contributed by atoms with E-state index >= 15 is 0 Å². The Morgan fingerprint density at radius 2 is 2.22 bits per heavy atom. The highest BCUT2D eigenvalue weighted by atomic mass is 32.1. The topological polar surface area (TPSA) is 54.4 Å². The molecule has 0 saturated carbocycles. The maximum atomic E-state index is 9.72. The molecule has 0 amide bonds. The highest BCUT2D eigenvalue weighted by molar-refractivity contribution is 7.09. The molecule has 2 N–H and O–H groups in total.